The van der Waals surface area contributed by atoms with E-state index in [0.717, 1.165) is 28.8 Å². The highest BCUT2D eigenvalue weighted by Gasteiger charge is 2.43. The summed E-state index contributed by atoms with van der Waals surface area (Å²) in [5, 5.41) is 12.7. The van der Waals surface area contributed by atoms with Gasteiger partial charge in [0.1, 0.15) is 19.0 Å². The molecule has 1 fully saturated rings. The van der Waals surface area contributed by atoms with Gasteiger partial charge >= 0.3 is 0 Å². The van der Waals surface area contributed by atoms with Crippen molar-refractivity contribution >= 4 is 55.4 Å². The Balaban J connectivity index is 1.75. The molecule has 0 radical (unpaired) electrons. The van der Waals surface area contributed by atoms with E-state index in [1.807, 2.05) is 0 Å². The van der Waals surface area contributed by atoms with Crippen LogP contribution in [0, 0.1) is 23.3 Å². The van der Waals surface area contributed by atoms with E-state index < -0.39 is 72.8 Å². The molecule has 2 aliphatic heterocycles. The molecule has 0 aliphatic carbocycles. The van der Waals surface area contributed by atoms with E-state index in [0.29, 0.717) is 0 Å². The molecular weight excluding hydrogens is 532 g/mol. The van der Waals surface area contributed by atoms with Gasteiger partial charge in [-0.05, 0) is 12.1 Å². The Labute approximate surface area is 212 Å². The number of ether oxygens (including phenoxy) is 1. The predicted octanol–water partition coefficient (Wildman–Crippen LogP) is 4.83. The number of hydrogen-bond donors (Lipinski definition) is 3. The zero-order valence-corrected chi connectivity index (χ0v) is 19.4. The SMILES string of the molecule is O=C1NC(=O)c2c1c1c3cc(F)c(F)cc3[nH]c1c1c2c2cc(F)c(F)cc2n1[C@@H]1O[C@H](CF)C[C@@H](F)[C@H]1O. The molecule has 200 valence electrons. The number of benzene rings is 3. The quantitative estimate of drug-likeness (QED) is 0.218. The molecule has 7 rings (SSSR count). The molecule has 7 nitrogen and oxygen atoms in total. The van der Waals surface area contributed by atoms with Crippen molar-refractivity contribution in [1.82, 2.24) is 14.9 Å². The van der Waals surface area contributed by atoms with Gasteiger partial charge in [-0.2, -0.15) is 0 Å². The molecule has 4 heterocycles. The number of hydrogen-bond acceptors (Lipinski definition) is 4. The lowest BCUT2D eigenvalue weighted by Gasteiger charge is -2.36. The summed E-state index contributed by atoms with van der Waals surface area (Å²) in [4.78, 5) is 28.9. The molecule has 2 amide bonds. The molecule has 5 aromatic rings. The van der Waals surface area contributed by atoms with Crippen molar-refractivity contribution in [2.45, 2.75) is 31.0 Å². The predicted molar refractivity (Wildman–Crippen MR) is 126 cm³/mol. The van der Waals surface area contributed by atoms with Crippen LogP contribution in [0.2, 0.25) is 0 Å². The molecule has 2 aliphatic rings. The fraction of sp³-hybridized carbons (Fsp3) is 0.231. The molecule has 39 heavy (non-hydrogen) atoms. The van der Waals surface area contributed by atoms with Gasteiger partial charge in [0.15, 0.2) is 29.5 Å². The summed E-state index contributed by atoms with van der Waals surface area (Å²) in [6.07, 6.45) is -7.34. The summed E-state index contributed by atoms with van der Waals surface area (Å²) in [6.45, 7) is -1.11. The van der Waals surface area contributed by atoms with Gasteiger partial charge in [0.05, 0.1) is 33.8 Å². The van der Waals surface area contributed by atoms with Crippen molar-refractivity contribution in [2.75, 3.05) is 6.67 Å². The van der Waals surface area contributed by atoms with Gasteiger partial charge in [-0.25, -0.2) is 26.3 Å². The Morgan fingerprint density at radius 2 is 1.54 bits per heavy atom. The van der Waals surface area contributed by atoms with Gasteiger partial charge in [0.25, 0.3) is 11.8 Å². The summed E-state index contributed by atoms with van der Waals surface area (Å²) in [7, 11) is 0. The zero-order valence-electron chi connectivity index (χ0n) is 19.4. The Hall–Kier alpha value is -4.10. The molecule has 0 spiro atoms. The van der Waals surface area contributed by atoms with Crippen LogP contribution < -0.4 is 5.32 Å². The van der Waals surface area contributed by atoms with Crippen LogP contribution in [0.25, 0.3) is 43.6 Å². The molecule has 4 atom stereocenters. The molecule has 3 aromatic carbocycles. The summed E-state index contributed by atoms with van der Waals surface area (Å²) in [6, 6.07) is 3.15. The summed E-state index contributed by atoms with van der Waals surface area (Å²) >= 11 is 0. The van der Waals surface area contributed by atoms with Crippen LogP contribution >= 0.6 is 0 Å². The Morgan fingerprint density at radius 1 is 0.923 bits per heavy atom. The monoisotopic (exact) mass is 547 g/mol. The number of rotatable bonds is 2. The Morgan fingerprint density at radius 3 is 2.23 bits per heavy atom. The number of carbonyl (C=O) groups is 2. The number of aromatic nitrogens is 2. The van der Waals surface area contributed by atoms with E-state index >= 15 is 0 Å². The smallest absolute Gasteiger partial charge is 0.259 e. The number of nitrogens with zero attached hydrogens (tertiary/aromatic N) is 1. The third kappa shape index (κ3) is 3.08. The number of halogens is 6. The minimum Gasteiger partial charge on any atom is -0.385 e. The van der Waals surface area contributed by atoms with Crippen LogP contribution in [0.4, 0.5) is 26.3 Å². The molecule has 0 unspecified atom stereocenters. The van der Waals surface area contributed by atoms with Crippen molar-refractivity contribution in [1.29, 1.82) is 0 Å². The number of aromatic amines is 1. The zero-order chi connectivity index (χ0) is 27.5. The minimum absolute atomic E-state index is 0.00929. The van der Waals surface area contributed by atoms with Gasteiger partial charge in [0, 0.05) is 45.6 Å². The van der Waals surface area contributed by atoms with Crippen molar-refractivity contribution in [3.63, 3.8) is 0 Å². The second-order valence-corrected chi connectivity index (χ2v) is 9.64. The standard InChI is InChI=1S/C26H15F6N3O4/c27-6-7-1-14(32)23(36)26(39-7)35-16-5-13(31)11(29)3-9(16)18-20-19(24(37)34-25(20)38)17-8-2-10(28)12(30)4-15(8)33-21(17)22(18)35/h2-5,7,14,23,26,33,36H,1,6H2,(H,34,37,38)/t7-,14+,23+,26+/m0/s1. The summed E-state index contributed by atoms with van der Waals surface area (Å²) in [5.41, 5.74) is -0.751. The lowest BCUT2D eigenvalue weighted by Crippen LogP contribution is -2.44. The highest BCUT2D eigenvalue weighted by Crippen LogP contribution is 2.46. The van der Waals surface area contributed by atoms with Gasteiger partial charge in [0.2, 0.25) is 0 Å². The van der Waals surface area contributed by atoms with E-state index in [1.165, 1.54) is 0 Å². The second kappa shape index (κ2) is 7.96. The third-order valence-corrected chi connectivity index (χ3v) is 7.46. The molecule has 0 saturated carbocycles. The van der Waals surface area contributed by atoms with E-state index in [4.69, 9.17) is 4.74 Å². The van der Waals surface area contributed by atoms with Crippen molar-refractivity contribution in [2.24, 2.45) is 0 Å². The summed E-state index contributed by atoms with van der Waals surface area (Å²) in [5.74, 6) is -6.88. The number of alkyl halides is 2. The van der Waals surface area contributed by atoms with Crippen LogP contribution in [0.3, 0.4) is 0 Å². The first-order chi connectivity index (χ1) is 18.6. The molecule has 0 bridgehead atoms. The topological polar surface area (TPSA) is 96.4 Å². The molecule has 2 aromatic heterocycles. The van der Waals surface area contributed by atoms with Gasteiger partial charge in [-0.15, -0.1) is 0 Å². The minimum atomic E-state index is -1.97. The fourth-order valence-corrected chi connectivity index (χ4v) is 5.84. The second-order valence-electron chi connectivity index (χ2n) is 9.64. The number of fused-ring (bicyclic) bond motifs is 10. The van der Waals surface area contributed by atoms with Gasteiger partial charge < -0.3 is 19.4 Å². The fourth-order valence-electron chi connectivity index (χ4n) is 5.84. The van der Waals surface area contributed by atoms with Crippen LogP contribution in [0.5, 0.6) is 0 Å². The first kappa shape index (κ1) is 24.0. The Kier molecular flexibility index (Phi) is 4.89. The van der Waals surface area contributed by atoms with Crippen molar-refractivity contribution in [3.05, 3.63) is 58.7 Å². The van der Waals surface area contributed by atoms with E-state index in [1.54, 1.807) is 0 Å². The number of H-pyrrole nitrogens is 1. The Bertz CT molecular complexity index is 1930. The third-order valence-electron chi connectivity index (χ3n) is 7.46. The normalized spacial score (nSPS) is 23.5. The van der Waals surface area contributed by atoms with E-state index in [9.17, 15) is 41.0 Å². The highest BCUT2D eigenvalue weighted by atomic mass is 19.2. The van der Waals surface area contributed by atoms with E-state index in [-0.39, 0.29) is 54.7 Å². The average Bonchev–Trinajstić information content (AvgIpc) is 3.50. The maximum atomic E-state index is 14.9. The van der Waals surface area contributed by atoms with Crippen molar-refractivity contribution in [3.8, 4) is 0 Å². The number of amides is 2. The maximum Gasteiger partial charge on any atom is 0.259 e. The van der Waals surface area contributed by atoms with Crippen LogP contribution in [-0.4, -0.2) is 51.5 Å². The number of carbonyl (C=O) groups excluding carboxylic acids is 2. The number of aliphatic hydroxyl groups excluding tert-OH is 1. The first-order valence-electron chi connectivity index (χ1n) is 11.8. The van der Waals surface area contributed by atoms with Crippen LogP contribution in [0.15, 0.2) is 24.3 Å². The first-order valence-corrected chi connectivity index (χ1v) is 11.8. The number of aliphatic hydroxyl groups is 1. The lowest BCUT2D eigenvalue weighted by molar-refractivity contribution is -0.182. The van der Waals surface area contributed by atoms with Gasteiger partial charge in [-0.1, -0.05) is 0 Å². The van der Waals surface area contributed by atoms with Gasteiger partial charge in [-0.3, -0.25) is 14.9 Å². The van der Waals surface area contributed by atoms with E-state index in [2.05, 4.69) is 10.3 Å². The van der Waals surface area contributed by atoms with Crippen LogP contribution in [-0.2, 0) is 4.74 Å². The summed E-state index contributed by atoms with van der Waals surface area (Å²) < 4.78 is 92.8. The lowest BCUT2D eigenvalue weighted by atomic mass is 9.96. The molecule has 3 N–H and O–H groups in total. The molecular formula is C26H15F6N3O4. The van der Waals surface area contributed by atoms with Crippen molar-refractivity contribution < 1.29 is 45.8 Å². The number of imide groups is 1. The highest BCUT2D eigenvalue weighted by molar-refractivity contribution is 6.39. The number of nitrogens with one attached hydrogen (secondary N) is 2. The molecule has 1 saturated heterocycles. The largest absolute Gasteiger partial charge is 0.385 e. The average molecular weight is 547 g/mol. The molecule has 13 heteroatoms. The van der Waals surface area contributed by atoms with Crippen LogP contribution in [0.1, 0.15) is 33.4 Å². The maximum absolute atomic E-state index is 14.9.